The highest BCUT2D eigenvalue weighted by Crippen LogP contribution is 2.19. The van der Waals surface area contributed by atoms with E-state index >= 15 is 0 Å². The monoisotopic (exact) mass is 248 g/mol. The van der Waals surface area contributed by atoms with Gasteiger partial charge in [0.05, 0.1) is 5.69 Å². The first-order valence-corrected chi connectivity index (χ1v) is 6.64. The normalized spacial score (nSPS) is 10.6. The average Bonchev–Trinajstić information content (AvgIpc) is 2.73. The van der Waals surface area contributed by atoms with Gasteiger partial charge in [0.1, 0.15) is 0 Å². The lowest BCUT2D eigenvalue weighted by Gasteiger charge is -2.07. The summed E-state index contributed by atoms with van der Waals surface area (Å²) in [6, 6.07) is 10.0. The summed E-state index contributed by atoms with van der Waals surface area (Å²) in [5.74, 6) is 0. The summed E-state index contributed by atoms with van der Waals surface area (Å²) in [6.45, 7) is 1.43. The Kier molecular flexibility index (Phi) is 4.12. The molecule has 1 aromatic heterocycles. The van der Waals surface area contributed by atoms with Crippen LogP contribution in [0.15, 0.2) is 40.5 Å². The molecule has 4 heteroatoms. The molecule has 0 fully saturated rings. The van der Waals surface area contributed by atoms with Crippen molar-refractivity contribution < 1.29 is 0 Å². The number of aromatic nitrogens is 1. The minimum absolute atomic E-state index is 0.112. The zero-order chi connectivity index (χ0) is 12.1. The SMILES string of the molecule is NCCCCn1c(-c2ccccc2)csc1=O. The molecule has 2 rings (SSSR count). The number of nitrogens with two attached hydrogens (primary N) is 1. The van der Waals surface area contributed by atoms with Crippen LogP contribution in [0.4, 0.5) is 0 Å². The highest BCUT2D eigenvalue weighted by atomic mass is 32.1. The second-order valence-corrected chi connectivity index (χ2v) is 4.72. The maximum absolute atomic E-state index is 11.8. The van der Waals surface area contributed by atoms with Gasteiger partial charge < -0.3 is 5.73 Å². The van der Waals surface area contributed by atoms with Gasteiger partial charge in [-0.25, -0.2) is 0 Å². The number of hydrogen-bond donors (Lipinski definition) is 1. The Labute approximate surface area is 105 Å². The number of benzene rings is 1. The Hall–Kier alpha value is -1.39. The van der Waals surface area contributed by atoms with Gasteiger partial charge >= 0.3 is 4.87 Å². The van der Waals surface area contributed by atoms with Crippen molar-refractivity contribution in [2.75, 3.05) is 6.54 Å². The molecular weight excluding hydrogens is 232 g/mol. The van der Waals surface area contributed by atoms with Crippen LogP contribution in [0.5, 0.6) is 0 Å². The van der Waals surface area contributed by atoms with Crippen LogP contribution >= 0.6 is 11.3 Å². The zero-order valence-electron chi connectivity index (χ0n) is 9.63. The lowest BCUT2D eigenvalue weighted by Crippen LogP contribution is -2.15. The molecule has 0 bridgehead atoms. The van der Waals surface area contributed by atoms with Gasteiger partial charge in [0.15, 0.2) is 0 Å². The summed E-state index contributed by atoms with van der Waals surface area (Å²) in [5.41, 5.74) is 7.58. The molecule has 0 amide bonds. The van der Waals surface area contributed by atoms with Gasteiger partial charge in [-0.05, 0) is 24.9 Å². The number of hydrogen-bond acceptors (Lipinski definition) is 3. The quantitative estimate of drug-likeness (QED) is 0.825. The second kappa shape index (κ2) is 5.80. The van der Waals surface area contributed by atoms with Crippen molar-refractivity contribution in [1.29, 1.82) is 0 Å². The standard InChI is InChI=1S/C13H16N2OS/c14-8-4-5-9-15-12(10-17-13(15)16)11-6-2-1-3-7-11/h1-3,6-7,10H,4-5,8-9,14H2. The molecule has 90 valence electrons. The van der Waals surface area contributed by atoms with E-state index in [0.717, 1.165) is 30.6 Å². The molecule has 2 aromatic rings. The van der Waals surface area contributed by atoms with Crippen molar-refractivity contribution in [3.8, 4) is 11.3 Å². The van der Waals surface area contributed by atoms with E-state index in [1.54, 1.807) is 0 Å². The van der Waals surface area contributed by atoms with Crippen LogP contribution < -0.4 is 10.6 Å². The van der Waals surface area contributed by atoms with Crippen LogP contribution in [0.2, 0.25) is 0 Å². The van der Waals surface area contributed by atoms with Crippen molar-refractivity contribution in [3.05, 3.63) is 45.4 Å². The molecule has 0 spiro atoms. The lowest BCUT2D eigenvalue weighted by atomic mass is 10.2. The van der Waals surface area contributed by atoms with Gasteiger partial charge in [-0.15, -0.1) is 0 Å². The fourth-order valence-electron chi connectivity index (χ4n) is 1.79. The molecule has 1 heterocycles. The Morgan fingerprint density at radius 2 is 1.94 bits per heavy atom. The number of rotatable bonds is 5. The van der Waals surface area contributed by atoms with Crippen LogP contribution in [-0.4, -0.2) is 11.1 Å². The minimum Gasteiger partial charge on any atom is -0.330 e. The summed E-state index contributed by atoms with van der Waals surface area (Å²) in [4.78, 5) is 11.9. The summed E-state index contributed by atoms with van der Waals surface area (Å²) in [6.07, 6.45) is 1.91. The molecule has 3 nitrogen and oxygen atoms in total. The topological polar surface area (TPSA) is 48.0 Å². The van der Waals surface area contributed by atoms with Crippen LogP contribution in [-0.2, 0) is 6.54 Å². The smallest absolute Gasteiger partial charge is 0.307 e. The van der Waals surface area contributed by atoms with Gasteiger partial charge in [0.2, 0.25) is 0 Å². The molecule has 0 atom stereocenters. The van der Waals surface area contributed by atoms with Crippen molar-refractivity contribution in [2.24, 2.45) is 5.73 Å². The van der Waals surface area contributed by atoms with Crippen LogP contribution in [0.25, 0.3) is 11.3 Å². The molecule has 0 saturated heterocycles. The third kappa shape index (κ3) is 2.84. The third-order valence-corrected chi connectivity index (χ3v) is 3.45. The fraction of sp³-hybridized carbons (Fsp3) is 0.308. The first-order valence-electron chi connectivity index (χ1n) is 5.76. The Bertz CT molecular complexity index is 516. The van der Waals surface area contributed by atoms with E-state index < -0.39 is 0 Å². The fourth-order valence-corrected chi connectivity index (χ4v) is 2.58. The predicted octanol–water partition coefficient (Wildman–Crippen LogP) is 2.32. The van der Waals surface area contributed by atoms with E-state index in [9.17, 15) is 4.79 Å². The average molecular weight is 248 g/mol. The maximum Gasteiger partial charge on any atom is 0.307 e. The number of thiazole rings is 1. The number of unbranched alkanes of at least 4 members (excludes halogenated alkanes) is 1. The van der Waals surface area contributed by atoms with Crippen LogP contribution in [0.1, 0.15) is 12.8 Å². The Morgan fingerprint density at radius 1 is 1.18 bits per heavy atom. The molecule has 0 radical (unpaired) electrons. The molecule has 0 aliphatic carbocycles. The molecule has 17 heavy (non-hydrogen) atoms. The minimum atomic E-state index is 0.112. The zero-order valence-corrected chi connectivity index (χ0v) is 10.5. The van der Waals surface area contributed by atoms with Gasteiger partial charge in [0.25, 0.3) is 0 Å². The highest BCUT2D eigenvalue weighted by molar-refractivity contribution is 7.07. The van der Waals surface area contributed by atoms with E-state index in [2.05, 4.69) is 0 Å². The van der Waals surface area contributed by atoms with E-state index in [0.29, 0.717) is 6.54 Å². The van der Waals surface area contributed by atoms with Crippen molar-refractivity contribution in [3.63, 3.8) is 0 Å². The molecule has 1 aromatic carbocycles. The molecule has 0 aliphatic heterocycles. The van der Waals surface area contributed by atoms with Crippen molar-refractivity contribution in [1.82, 2.24) is 4.57 Å². The second-order valence-electron chi connectivity index (χ2n) is 3.90. The van der Waals surface area contributed by atoms with E-state index in [4.69, 9.17) is 5.73 Å². The lowest BCUT2D eigenvalue weighted by molar-refractivity contribution is 0.613. The van der Waals surface area contributed by atoms with E-state index in [1.165, 1.54) is 11.3 Å². The highest BCUT2D eigenvalue weighted by Gasteiger charge is 2.07. The van der Waals surface area contributed by atoms with E-state index in [-0.39, 0.29) is 4.87 Å². The van der Waals surface area contributed by atoms with Gasteiger partial charge in [-0.2, -0.15) is 0 Å². The molecule has 2 N–H and O–H groups in total. The first kappa shape index (κ1) is 12.1. The summed E-state index contributed by atoms with van der Waals surface area (Å²) >= 11 is 1.26. The first-order chi connectivity index (χ1) is 8.33. The molecule has 0 aliphatic rings. The molecule has 0 unspecified atom stereocenters. The Balaban J connectivity index is 2.26. The van der Waals surface area contributed by atoms with Crippen molar-refractivity contribution >= 4 is 11.3 Å². The van der Waals surface area contributed by atoms with Gasteiger partial charge in [0, 0.05) is 11.9 Å². The number of nitrogens with zero attached hydrogens (tertiary/aromatic N) is 1. The Morgan fingerprint density at radius 3 is 2.65 bits per heavy atom. The van der Waals surface area contributed by atoms with Crippen LogP contribution in [0, 0.1) is 0 Å². The maximum atomic E-state index is 11.8. The largest absolute Gasteiger partial charge is 0.330 e. The third-order valence-electron chi connectivity index (χ3n) is 2.69. The van der Waals surface area contributed by atoms with Crippen molar-refractivity contribution in [2.45, 2.75) is 19.4 Å². The predicted molar refractivity (Wildman–Crippen MR) is 72.3 cm³/mol. The summed E-state index contributed by atoms with van der Waals surface area (Å²) in [5, 5.41) is 1.93. The molecule has 0 saturated carbocycles. The summed E-state index contributed by atoms with van der Waals surface area (Å²) in [7, 11) is 0. The van der Waals surface area contributed by atoms with Gasteiger partial charge in [-0.1, -0.05) is 41.7 Å². The van der Waals surface area contributed by atoms with Gasteiger partial charge in [-0.3, -0.25) is 9.36 Å². The van der Waals surface area contributed by atoms with Crippen LogP contribution in [0.3, 0.4) is 0 Å². The summed E-state index contributed by atoms with van der Waals surface area (Å²) < 4.78 is 1.84. The van der Waals surface area contributed by atoms with E-state index in [1.807, 2.05) is 40.3 Å². The molecular formula is C13H16N2OS.